The smallest absolute Gasteiger partial charge is 0.136 e. The van der Waals surface area contributed by atoms with Crippen LogP contribution in [0.5, 0.6) is 0 Å². The lowest BCUT2D eigenvalue weighted by Gasteiger charge is -2.28. The monoisotopic (exact) mass is 214 g/mol. The Labute approximate surface area is 86.5 Å². The van der Waals surface area contributed by atoms with Gasteiger partial charge in [-0.3, -0.25) is 0 Å². The van der Waals surface area contributed by atoms with Crippen molar-refractivity contribution in [2.75, 3.05) is 0 Å². The van der Waals surface area contributed by atoms with E-state index < -0.39 is 23.3 Å². The summed E-state index contributed by atoms with van der Waals surface area (Å²) in [5, 5.41) is 19.2. The van der Waals surface area contributed by atoms with Gasteiger partial charge in [-0.05, 0) is 19.1 Å². The summed E-state index contributed by atoms with van der Waals surface area (Å²) >= 11 is 0. The molecule has 82 valence electrons. The largest absolute Gasteiger partial charge is 0.390 e. The Morgan fingerprint density at radius 2 is 2.07 bits per heavy atom. The molecule has 0 amide bonds. The normalized spacial score (nSPS) is 16.9. The van der Waals surface area contributed by atoms with Crippen LogP contribution in [0.3, 0.4) is 0 Å². The fourth-order valence-corrected chi connectivity index (χ4v) is 1.32. The zero-order valence-electron chi connectivity index (χ0n) is 8.24. The van der Waals surface area contributed by atoms with Crippen LogP contribution < -0.4 is 0 Å². The van der Waals surface area contributed by atoms with Crippen LogP contribution in [-0.4, -0.2) is 16.3 Å². The Balaban J connectivity index is 3.30. The van der Waals surface area contributed by atoms with E-state index in [0.717, 1.165) is 18.2 Å². The summed E-state index contributed by atoms with van der Waals surface area (Å²) in [5.41, 5.74) is -2.11. The van der Waals surface area contributed by atoms with Crippen LogP contribution in [-0.2, 0) is 5.60 Å². The summed E-state index contributed by atoms with van der Waals surface area (Å²) in [5.74, 6) is -1.66. The van der Waals surface area contributed by atoms with Crippen molar-refractivity contribution in [1.29, 1.82) is 0 Å². The zero-order valence-corrected chi connectivity index (χ0v) is 8.24. The first-order chi connectivity index (χ1) is 6.91. The van der Waals surface area contributed by atoms with Gasteiger partial charge in [-0.1, -0.05) is 12.7 Å². The lowest BCUT2D eigenvalue weighted by molar-refractivity contribution is -0.0355. The van der Waals surface area contributed by atoms with Crippen LogP contribution in [0.15, 0.2) is 30.9 Å². The molecule has 4 heteroatoms. The SMILES string of the molecule is C=C[C@](O)(c1ccc(F)cc1F)[C@@H](C)O. The van der Waals surface area contributed by atoms with Crippen molar-refractivity contribution < 1.29 is 19.0 Å². The maximum atomic E-state index is 13.3. The highest BCUT2D eigenvalue weighted by molar-refractivity contribution is 5.30. The Morgan fingerprint density at radius 1 is 1.47 bits per heavy atom. The van der Waals surface area contributed by atoms with Crippen molar-refractivity contribution in [2.45, 2.75) is 18.6 Å². The van der Waals surface area contributed by atoms with Gasteiger partial charge in [0, 0.05) is 11.6 Å². The second-order valence-corrected chi connectivity index (χ2v) is 3.33. The van der Waals surface area contributed by atoms with Crippen molar-refractivity contribution in [3.8, 4) is 0 Å². The molecule has 1 aromatic rings. The highest BCUT2D eigenvalue weighted by Crippen LogP contribution is 2.28. The molecule has 0 saturated heterocycles. The van der Waals surface area contributed by atoms with E-state index in [-0.39, 0.29) is 5.56 Å². The number of aliphatic hydroxyl groups excluding tert-OH is 1. The van der Waals surface area contributed by atoms with Gasteiger partial charge in [-0.15, -0.1) is 0 Å². The van der Waals surface area contributed by atoms with E-state index in [0.29, 0.717) is 6.07 Å². The molecule has 0 aromatic heterocycles. The molecule has 2 atom stereocenters. The van der Waals surface area contributed by atoms with Crippen molar-refractivity contribution in [2.24, 2.45) is 0 Å². The van der Waals surface area contributed by atoms with Crippen LogP contribution in [0.1, 0.15) is 12.5 Å². The van der Waals surface area contributed by atoms with Gasteiger partial charge in [0.2, 0.25) is 0 Å². The number of rotatable bonds is 3. The van der Waals surface area contributed by atoms with Crippen molar-refractivity contribution in [3.05, 3.63) is 48.1 Å². The van der Waals surface area contributed by atoms with Gasteiger partial charge in [-0.2, -0.15) is 0 Å². The predicted molar refractivity (Wildman–Crippen MR) is 52.1 cm³/mol. The molecule has 2 nitrogen and oxygen atoms in total. The molecule has 0 aliphatic rings. The summed E-state index contributed by atoms with van der Waals surface area (Å²) in [6.45, 7) is 4.62. The van der Waals surface area contributed by atoms with E-state index >= 15 is 0 Å². The molecule has 0 saturated carbocycles. The summed E-state index contributed by atoms with van der Waals surface area (Å²) < 4.78 is 26.0. The molecular formula is C11H12F2O2. The van der Waals surface area contributed by atoms with Crippen LogP contribution >= 0.6 is 0 Å². The van der Waals surface area contributed by atoms with Gasteiger partial charge < -0.3 is 10.2 Å². The molecule has 0 spiro atoms. The Morgan fingerprint density at radius 3 is 2.47 bits per heavy atom. The molecule has 0 bridgehead atoms. The van der Waals surface area contributed by atoms with Crippen LogP contribution in [0.2, 0.25) is 0 Å². The minimum atomic E-state index is -1.90. The summed E-state index contributed by atoms with van der Waals surface area (Å²) in [6, 6.07) is 2.74. The fourth-order valence-electron chi connectivity index (χ4n) is 1.32. The standard InChI is InChI=1S/C11H12F2O2/c1-3-11(15,7(2)14)9-5-4-8(12)6-10(9)13/h3-7,14-15H,1H2,2H3/t7-,11-/m1/s1. The average molecular weight is 214 g/mol. The summed E-state index contributed by atoms with van der Waals surface area (Å²) in [4.78, 5) is 0. The molecule has 0 aliphatic carbocycles. The number of hydrogen-bond donors (Lipinski definition) is 2. The Kier molecular flexibility index (Phi) is 3.21. The molecule has 0 heterocycles. The topological polar surface area (TPSA) is 40.5 Å². The Hall–Kier alpha value is -1.26. The third-order valence-electron chi connectivity index (χ3n) is 2.31. The highest BCUT2D eigenvalue weighted by Gasteiger charge is 2.34. The van der Waals surface area contributed by atoms with E-state index in [4.69, 9.17) is 0 Å². The van der Waals surface area contributed by atoms with Crippen molar-refractivity contribution in [3.63, 3.8) is 0 Å². The first-order valence-electron chi connectivity index (χ1n) is 4.41. The molecule has 0 radical (unpaired) electrons. The number of aliphatic hydroxyl groups is 2. The van der Waals surface area contributed by atoms with E-state index in [9.17, 15) is 19.0 Å². The van der Waals surface area contributed by atoms with Gasteiger partial charge >= 0.3 is 0 Å². The second-order valence-electron chi connectivity index (χ2n) is 3.33. The van der Waals surface area contributed by atoms with Crippen LogP contribution in [0.25, 0.3) is 0 Å². The minimum Gasteiger partial charge on any atom is -0.390 e. The summed E-state index contributed by atoms with van der Waals surface area (Å²) in [7, 11) is 0. The van der Waals surface area contributed by atoms with E-state index in [1.807, 2.05) is 0 Å². The van der Waals surface area contributed by atoms with Gasteiger partial charge in [-0.25, -0.2) is 8.78 Å². The lowest BCUT2D eigenvalue weighted by Crippen LogP contribution is -2.36. The quantitative estimate of drug-likeness (QED) is 0.752. The first kappa shape index (κ1) is 11.8. The molecule has 1 rings (SSSR count). The number of benzene rings is 1. The van der Waals surface area contributed by atoms with Crippen molar-refractivity contribution in [1.82, 2.24) is 0 Å². The van der Waals surface area contributed by atoms with E-state index in [1.165, 1.54) is 6.92 Å². The zero-order chi connectivity index (χ0) is 11.6. The third kappa shape index (κ3) is 2.06. The molecule has 0 aliphatic heterocycles. The lowest BCUT2D eigenvalue weighted by atomic mass is 9.88. The van der Waals surface area contributed by atoms with Crippen LogP contribution in [0.4, 0.5) is 8.78 Å². The molecule has 1 aromatic carbocycles. The van der Waals surface area contributed by atoms with Crippen LogP contribution in [0, 0.1) is 11.6 Å². The van der Waals surface area contributed by atoms with Gasteiger partial charge in [0.25, 0.3) is 0 Å². The second kappa shape index (κ2) is 4.08. The van der Waals surface area contributed by atoms with Crippen molar-refractivity contribution >= 4 is 0 Å². The number of hydrogen-bond acceptors (Lipinski definition) is 2. The third-order valence-corrected chi connectivity index (χ3v) is 2.31. The maximum absolute atomic E-state index is 13.3. The van der Waals surface area contributed by atoms with Gasteiger partial charge in [0.1, 0.15) is 17.2 Å². The molecule has 0 fully saturated rings. The Bertz CT molecular complexity index is 377. The molecule has 0 unspecified atom stereocenters. The molecule has 2 N–H and O–H groups in total. The number of halogens is 2. The summed E-state index contributed by atoms with van der Waals surface area (Å²) in [6.07, 6.45) is -0.219. The molecular weight excluding hydrogens is 202 g/mol. The maximum Gasteiger partial charge on any atom is 0.136 e. The van der Waals surface area contributed by atoms with Gasteiger partial charge in [0.15, 0.2) is 0 Å². The first-order valence-corrected chi connectivity index (χ1v) is 4.41. The fraction of sp³-hybridized carbons (Fsp3) is 0.273. The minimum absolute atomic E-state index is 0.200. The molecule has 15 heavy (non-hydrogen) atoms. The van der Waals surface area contributed by atoms with E-state index in [2.05, 4.69) is 6.58 Å². The predicted octanol–water partition coefficient (Wildman–Crippen LogP) is 1.72. The highest BCUT2D eigenvalue weighted by atomic mass is 19.1. The average Bonchev–Trinajstić information content (AvgIpc) is 2.16. The van der Waals surface area contributed by atoms with Gasteiger partial charge in [0.05, 0.1) is 6.10 Å². The van der Waals surface area contributed by atoms with E-state index in [1.54, 1.807) is 0 Å².